The molecule has 2 heterocycles. The number of carboxylic acid groups (broad SMARTS) is 1. The summed E-state index contributed by atoms with van der Waals surface area (Å²) in [5.74, 6) is -0.814. The lowest BCUT2D eigenvalue weighted by Crippen LogP contribution is -2.25. The van der Waals surface area contributed by atoms with E-state index in [1.165, 1.54) is 4.88 Å². The molecule has 3 aromatic rings. The Morgan fingerprint density at radius 3 is 2.61 bits per heavy atom. The highest BCUT2D eigenvalue weighted by Gasteiger charge is 2.14. The molecule has 0 spiro atoms. The molecule has 3 rings (SSSR count). The van der Waals surface area contributed by atoms with Crippen LogP contribution >= 0.6 is 27.3 Å². The number of halogens is 1. The van der Waals surface area contributed by atoms with Crippen LogP contribution in [0, 0.1) is 0 Å². The van der Waals surface area contributed by atoms with Crippen LogP contribution in [-0.2, 0) is 34.1 Å². The van der Waals surface area contributed by atoms with Gasteiger partial charge in [0.15, 0.2) is 0 Å². The van der Waals surface area contributed by atoms with Gasteiger partial charge in [0.2, 0.25) is 10.0 Å². The van der Waals surface area contributed by atoms with Crippen molar-refractivity contribution in [1.29, 1.82) is 0 Å². The van der Waals surface area contributed by atoms with E-state index in [0.717, 1.165) is 26.9 Å². The van der Waals surface area contributed by atoms with Crippen molar-refractivity contribution in [3.63, 3.8) is 0 Å². The molecule has 0 aliphatic rings. The number of sulfonamides is 1. The van der Waals surface area contributed by atoms with E-state index >= 15 is 0 Å². The standard InChI is InChI=1S/C22H23BrN2O4S2/c23-18-5-8-20(9-6-18)31(28,29)25-12-2-4-17-14-19(7-10-22(26)27)30-21(17)13-16-3-1-11-24-15-16/h1,3,5-6,8-9,11,14-15,25H,2,4,7,10,12-13H2,(H,26,27). The van der Waals surface area contributed by atoms with Gasteiger partial charge in [0, 0.05) is 39.6 Å². The number of hydrogen-bond acceptors (Lipinski definition) is 5. The van der Waals surface area contributed by atoms with E-state index in [1.807, 2.05) is 18.3 Å². The van der Waals surface area contributed by atoms with Crippen LogP contribution in [0.25, 0.3) is 0 Å². The molecule has 0 fully saturated rings. The van der Waals surface area contributed by atoms with E-state index < -0.39 is 16.0 Å². The van der Waals surface area contributed by atoms with Gasteiger partial charge in [-0.15, -0.1) is 11.3 Å². The molecule has 31 heavy (non-hydrogen) atoms. The molecule has 0 unspecified atom stereocenters. The fourth-order valence-corrected chi connectivity index (χ4v) is 5.70. The molecule has 9 heteroatoms. The quantitative estimate of drug-likeness (QED) is 0.363. The summed E-state index contributed by atoms with van der Waals surface area (Å²) in [6.07, 6.45) is 6.23. The number of aliphatic carboxylic acids is 1. The van der Waals surface area contributed by atoms with Gasteiger partial charge in [0.25, 0.3) is 0 Å². The maximum absolute atomic E-state index is 12.4. The van der Waals surface area contributed by atoms with Gasteiger partial charge >= 0.3 is 5.97 Å². The van der Waals surface area contributed by atoms with Crippen molar-refractivity contribution >= 4 is 43.3 Å². The molecular formula is C22H23BrN2O4S2. The number of nitrogens with zero attached hydrogens (tertiary/aromatic N) is 1. The molecule has 0 radical (unpaired) electrons. The van der Waals surface area contributed by atoms with Crippen LogP contribution in [-0.4, -0.2) is 31.0 Å². The summed E-state index contributed by atoms with van der Waals surface area (Å²) in [5, 5.41) is 8.97. The second kappa shape index (κ2) is 11.0. The van der Waals surface area contributed by atoms with Crippen LogP contribution in [0.3, 0.4) is 0 Å². The Bertz CT molecular complexity index is 1110. The molecule has 0 aliphatic carbocycles. The van der Waals surface area contributed by atoms with E-state index in [4.69, 9.17) is 5.11 Å². The molecule has 2 N–H and O–H groups in total. The van der Waals surface area contributed by atoms with Gasteiger partial charge in [-0.25, -0.2) is 13.1 Å². The highest BCUT2D eigenvalue weighted by molar-refractivity contribution is 9.10. The first-order valence-corrected chi connectivity index (χ1v) is 12.9. The minimum atomic E-state index is -3.54. The number of carboxylic acids is 1. The number of carbonyl (C=O) groups is 1. The van der Waals surface area contributed by atoms with Crippen LogP contribution < -0.4 is 4.72 Å². The van der Waals surface area contributed by atoms with E-state index in [1.54, 1.807) is 41.8 Å². The second-order valence-electron chi connectivity index (χ2n) is 7.05. The average molecular weight is 523 g/mol. The van der Waals surface area contributed by atoms with Crippen molar-refractivity contribution in [3.8, 4) is 0 Å². The van der Waals surface area contributed by atoms with Crippen molar-refractivity contribution in [2.24, 2.45) is 0 Å². The van der Waals surface area contributed by atoms with Crippen LogP contribution in [0.4, 0.5) is 0 Å². The molecule has 0 atom stereocenters. The van der Waals surface area contributed by atoms with Crippen molar-refractivity contribution in [2.75, 3.05) is 6.54 Å². The van der Waals surface area contributed by atoms with E-state index in [2.05, 4.69) is 31.7 Å². The molecule has 164 valence electrons. The van der Waals surface area contributed by atoms with Crippen molar-refractivity contribution in [1.82, 2.24) is 9.71 Å². The van der Waals surface area contributed by atoms with Crippen molar-refractivity contribution < 1.29 is 18.3 Å². The van der Waals surface area contributed by atoms with Gasteiger partial charge in [0.05, 0.1) is 11.3 Å². The van der Waals surface area contributed by atoms with Gasteiger partial charge in [-0.1, -0.05) is 22.0 Å². The minimum absolute atomic E-state index is 0.0965. The third-order valence-corrected chi connectivity index (χ3v) is 7.90. The summed E-state index contributed by atoms with van der Waals surface area (Å²) in [5.41, 5.74) is 2.23. The first-order chi connectivity index (χ1) is 14.8. The molecule has 0 aliphatic heterocycles. The van der Waals surface area contributed by atoms with Crippen LogP contribution in [0.5, 0.6) is 0 Å². The number of nitrogens with one attached hydrogen (secondary N) is 1. The molecular weight excluding hydrogens is 500 g/mol. The highest BCUT2D eigenvalue weighted by atomic mass is 79.9. The zero-order valence-corrected chi connectivity index (χ0v) is 20.0. The topological polar surface area (TPSA) is 96.4 Å². The summed E-state index contributed by atoms with van der Waals surface area (Å²) in [6.45, 7) is 0.324. The lowest BCUT2D eigenvalue weighted by atomic mass is 10.1. The fraction of sp³-hybridized carbons (Fsp3) is 0.273. The lowest BCUT2D eigenvalue weighted by molar-refractivity contribution is -0.136. The number of thiophene rings is 1. The fourth-order valence-electron chi connectivity index (χ4n) is 3.11. The second-order valence-corrected chi connectivity index (χ2v) is 11.0. The zero-order chi connectivity index (χ0) is 22.3. The maximum Gasteiger partial charge on any atom is 0.303 e. The number of aromatic nitrogens is 1. The Labute approximate surface area is 194 Å². The first kappa shape index (κ1) is 23.6. The minimum Gasteiger partial charge on any atom is -0.481 e. The van der Waals surface area contributed by atoms with Crippen LogP contribution in [0.2, 0.25) is 0 Å². The van der Waals surface area contributed by atoms with Gasteiger partial charge in [-0.05, 0) is 66.8 Å². The Morgan fingerprint density at radius 1 is 1.16 bits per heavy atom. The Hall–Kier alpha value is -2.07. The molecule has 0 amide bonds. The lowest BCUT2D eigenvalue weighted by Gasteiger charge is -2.08. The maximum atomic E-state index is 12.4. The molecule has 0 bridgehead atoms. The summed E-state index contributed by atoms with van der Waals surface area (Å²) in [6, 6.07) is 12.5. The van der Waals surface area contributed by atoms with Crippen molar-refractivity contribution in [2.45, 2.75) is 37.0 Å². The summed E-state index contributed by atoms with van der Waals surface area (Å²) in [4.78, 5) is 17.5. The first-order valence-electron chi connectivity index (χ1n) is 9.80. The smallest absolute Gasteiger partial charge is 0.303 e. The average Bonchev–Trinajstić information content (AvgIpc) is 3.12. The molecule has 2 aromatic heterocycles. The monoisotopic (exact) mass is 522 g/mol. The van der Waals surface area contributed by atoms with E-state index in [9.17, 15) is 13.2 Å². The zero-order valence-electron chi connectivity index (χ0n) is 16.8. The van der Waals surface area contributed by atoms with Crippen LogP contribution in [0.1, 0.15) is 33.7 Å². The Kier molecular flexibility index (Phi) is 8.36. The largest absolute Gasteiger partial charge is 0.481 e. The predicted octanol–water partition coefficient (Wildman–Crippen LogP) is 4.42. The van der Waals surface area contributed by atoms with E-state index in [-0.39, 0.29) is 11.3 Å². The SMILES string of the molecule is O=C(O)CCc1cc(CCCNS(=O)(=O)c2ccc(Br)cc2)c(Cc2cccnc2)s1. The van der Waals surface area contributed by atoms with Gasteiger partial charge in [0.1, 0.15) is 0 Å². The highest BCUT2D eigenvalue weighted by Crippen LogP contribution is 2.27. The predicted molar refractivity (Wildman–Crippen MR) is 125 cm³/mol. The summed E-state index contributed by atoms with van der Waals surface area (Å²) < 4.78 is 28.3. The Morgan fingerprint density at radius 2 is 1.94 bits per heavy atom. The number of rotatable bonds is 11. The Balaban J connectivity index is 1.63. The van der Waals surface area contributed by atoms with Crippen LogP contribution in [0.15, 0.2) is 64.2 Å². The summed E-state index contributed by atoms with van der Waals surface area (Å²) >= 11 is 4.93. The number of aryl methyl sites for hydroxylation is 2. The normalized spacial score (nSPS) is 11.5. The summed E-state index contributed by atoms with van der Waals surface area (Å²) in [7, 11) is -3.54. The number of pyridine rings is 1. The van der Waals surface area contributed by atoms with E-state index in [0.29, 0.717) is 25.8 Å². The molecule has 0 saturated heterocycles. The molecule has 1 aromatic carbocycles. The molecule has 6 nitrogen and oxygen atoms in total. The third kappa shape index (κ3) is 7.24. The third-order valence-electron chi connectivity index (χ3n) is 4.66. The van der Waals surface area contributed by atoms with Gasteiger partial charge in [-0.3, -0.25) is 9.78 Å². The number of hydrogen-bond donors (Lipinski definition) is 2. The van der Waals surface area contributed by atoms with Gasteiger partial charge in [-0.2, -0.15) is 0 Å². The molecule has 0 saturated carbocycles. The van der Waals surface area contributed by atoms with Gasteiger partial charge < -0.3 is 5.11 Å². The van der Waals surface area contributed by atoms with Crippen molar-refractivity contribution in [3.05, 3.63) is 80.2 Å². The number of benzene rings is 1.